The monoisotopic (exact) mass is 223 g/mol. The molecule has 0 saturated heterocycles. The van der Waals surface area contributed by atoms with Crippen LogP contribution in [-0.4, -0.2) is 11.9 Å². The summed E-state index contributed by atoms with van der Waals surface area (Å²) in [4.78, 5) is 15.9. The fourth-order valence-corrected chi connectivity index (χ4v) is 1.75. The Labute approximate surface area is 98.4 Å². The maximum atomic E-state index is 11.6. The first-order valence-electron chi connectivity index (χ1n) is 5.30. The molecule has 3 nitrogen and oxygen atoms in total. The third kappa shape index (κ3) is 1.72. The Kier molecular flexibility index (Phi) is 2.22. The minimum Gasteiger partial charge on any atom is -0.403 e. The van der Waals surface area contributed by atoms with E-state index in [0.717, 1.165) is 11.3 Å². The van der Waals surface area contributed by atoms with Gasteiger partial charge >= 0.3 is 5.97 Å². The first-order chi connectivity index (χ1) is 8.34. The molecule has 1 aliphatic heterocycles. The summed E-state index contributed by atoms with van der Waals surface area (Å²) in [5.74, 6) is 0.0343. The fraction of sp³-hybridized carbons (Fsp3) is 0. The number of carbonyl (C=O) groups is 1. The Bertz CT molecular complexity index is 603. The van der Waals surface area contributed by atoms with Crippen LogP contribution in [0.15, 0.2) is 59.6 Å². The standard InChI is InChI=1S/C14H9NO2/c16-14-12-9-5-4-8-11(12)13(17-14)15-10-6-2-1-3-7-10/h1-9H/b15-13-. The average Bonchev–Trinajstić information content (AvgIpc) is 2.69. The van der Waals surface area contributed by atoms with Gasteiger partial charge in [-0.3, -0.25) is 0 Å². The molecule has 0 amide bonds. The maximum Gasteiger partial charge on any atom is 0.345 e. The van der Waals surface area contributed by atoms with E-state index in [0.29, 0.717) is 11.5 Å². The Morgan fingerprint density at radius 1 is 0.824 bits per heavy atom. The second-order valence-electron chi connectivity index (χ2n) is 3.69. The number of hydrogen-bond donors (Lipinski definition) is 0. The predicted molar refractivity (Wildman–Crippen MR) is 64.5 cm³/mol. The molecule has 3 heteroatoms. The number of fused-ring (bicyclic) bond motifs is 1. The van der Waals surface area contributed by atoms with Crippen molar-refractivity contribution in [1.29, 1.82) is 0 Å². The number of esters is 1. The largest absolute Gasteiger partial charge is 0.403 e. The summed E-state index contributed by atoms with van der Waals surface area (Å²) in [6, 6.07) is 16.7. The Balaban J connectivity index is 2.08. The highest BCUT2D eigenvalue weighted by atomic mass is 16.5. The highest BCUT2D eigenvalue weighted by Crippen LogP contribution is 2.22. The summed E-state index contributed by atoms with van der Waals surface area (Å²) in [6.45, 7) is 0. The maximum absolute atomic E-state index is 11.6. The highest BCUT2D eigenvalue weighted by molar-refractivity contribution is 6.17. The molecule has 82 valence electrons. The molecule has 0 spiro atoms. The summed E-state index contributed by atoms with van der Waals surface area (Å²) in [6.07, 6.45) is 0. The van der Waals surface area contributed by atoms with Gasteiger partial charge in [0.25, 0.3) is 0 Å². The average molecular weight is 223 g/mol. The van der Waals surface area contributed by atoms with Crippen LogP contribution in [0, 0.1) is 0 Å². The van der Waals surface area contributed by atoms with E-state index >= 15 is 0 Å². The number of rotatable bonds is 1. The van der Waals surface area contributed by atoms with Gasteiger partial charge < -0.3 is 4.74 Å². The smallest absolute Gasteiger partial charge is 0.345 e. The van der Waals surface area contributed by atoms with Gasteiger partial charge in [0.2, 0.25) is 5.90 Å². The van der Waals surface area contributed by atoms with Gasteiger partial charge in [0.15, 0.2) is 0 Å². The van der Waals surface area contributed by atoms with Crippen molar-refractivity contribution in [2.45, 2.75) is 0 Å². The molecule has 0 unspecified atom stereocenters. The molecule has 0 bridgehead atoms. The van der Waals surface area contributed by atoms with Gasteiger partial charge in [0.05, 0.1) is 16.8 Å². The van der Waals surface area contributed by atoms with Crippen LogP contribution in [0.25, 0.3) is 0 Å². The van der Waals surface area contributed by atoms with Crippen molar-refractivity contribution in [3.05, 3.63) is 65.7 Å². The third-order valence-corrected chi connectivity index (χ3v) is 2.55. The lowest BCUT2D eigenvalue weighted by atomic mass is 10.1. The van der Waals surface area contributed by atoms with Crippen LogP contribution in [-0.2, 0) is 4.74 Å². The summed E-state index contributed by atoms with van der Waals surface area (Å²) in [7, 11) is 0. The number of cyclic esters (lactones) is 1. The zero-order valence-corrected chi connectivity index (χ0v) is 8.96. The molecular formula is C14H9NO2. The van der Waals surface area contributed by atoms with Crippen LogP contribution in [0.2, 0.25) is 0 Å². The van der Waals surface area contributed by atoms with Crippen molar-refractivity contribution in [1.82, 2.24) is 0 Å². The van der Waals surface area contributed by atoms with E-state index in [-0.39, 0.29) is 5.97 Å². The predicted octanol–water partition coefficient (Wildman–Crippen LogP) is 2.94. The van der Waals surface area contributed by atoms with E-state index in [2.05, 4.69) is 4.99 Å². The van der Waals surface area contributed by atoms with Gasteiger partial charge in [0.1, 0.15) is 0 Å². The van der Waals surface area contributed by atoms with Gasteiger partial charge in [-0.1, -0.05) is 30.3 Å². The number of benzene rings is 2. The lowest BCUT2D eigenvalue weighted by molar-refractivity contribution is 0.0737. The van der Waals surface area contributed by atoms with Gasteiger partial charge in [-0.05, 0) is 24.3 Å². The van der Waals surface area contributed by atoms with Crippen molar-refractivity contribution in [2.75, 3.05) is 0 Å². The van der Waals surface area contributed by atoms with Gasteiger partial charge in [0, 0.05) is 0 Å². The Hall–Kier alpha value is -2.42. The number of hydrogen-bond acceptors (Lipinski definition) is 3. The van der Waals surface area contributed by atoms with Crippen LogP contribution in [0.3, 0.4) is 0 Å². The molecule has 0 atom stereocenters. The second-order valence-corrected chi connectivity index (χ2v) is 3.69. The number of nitrogens with zero attached hydrogens (tertiary/aromatic N) is 1. The van der Waals surface area contributed by atoms with E-state index in [4.69, 9.17) is 4.74 Å². The molecule has 3 rings (SSSR count). The fourth-order valence-electron chi connectivity index (χ4n) is 1.75. The minimum atomic E-state index is -0.338. The van der Waals surface area contributed by atoms with Crippen LogP contribution in [0.4, 0.5) is 5.69 Å². The van der Waals surface area contributed by atoms with Crippen LogP contribution >= 0.6 is 0 Å². The number of para-hydroxylation sites is 1. The highest BCUT2D eigenvalue weighted by Gasteiger charge is 2.26. The summed E-state index contributed by atoms with van der Waals surface area (Å²) < 4.78 is 5.15. The van der Waals surface area contributed by atoms with Crippen LogP contribution in [0.5, 0.6) is 0 Å². The van der Waals surface area contributed by atoms with Crippen molar-refractivity contribution in [3.8, 4) is 0 Å². The number of carbonyl (C=O) groups excluding carboxylic acids is 1. The van der Waals surface area contributed by atoms with Crippen molar-refractivity contribution in [2.24, 2.45) is 4.99 Å². The molecule has 17 heavy (non-hydrogen) atoms. The number of ether oxygens (including phenoxy) is 1. The molecule has 0 aromatic heterocycles. The molecule has 1 aliphatic rings. The first-order valence-corrected chi connectivity index (χ1v) is 5.30. The van der Waals surface area contributed by atoms with E-state index < -0.39 is 0 Å². The molecule has 0 aliphatic carbocycles. The summed E-state index contributed by atoms with van der Waals surface area (Å²) >= 11 is 0. The topological polar surface area (TPSA) is 38.7 Å². The quantitative estimate of drug-likeness (QED) is 0.697. The number of aliphatic imine (C=N–C) groups is 1. The van der Waals surface area contributed by atoms with E-state index in [1.165, 1.54) is 0 Å². The van der Waals surface area contributed by atoms with Crippen LogP contribution < -0.4 is 0 Å². The van der Waals surface area contributed by atoms with E-state index in [1.54, 1.807) is 6.07 Å². The molecule has 0 radical (unpaired) electrons. The van der Waals surface area contributed by atoms with Crippen molar-refractivity contribution >= 4 is 17.6 Å². The van der Waals surface area contributed by atoms with Gasteiger partial charge in [-0.15, -0.1) is 0 Å². The second kappa shape index (κ2) is 3.87. The summed E-state index contributed by atoms with van der Waals surface area (Å²) in [5.41, 5.74) is 2.09. The normalized spacial score (nSPS) is 15.8. The van der Waals surface area contributed by atoms with Gasteiger partial charge in [-0.2, -0.15) is 0 Å². The molecule has 1 heterocycles. The Morgan fingerprint density at radius 2 is 1.47 bits per heavy atom. The van der Waals surface area contributed by atoms with E-state index in [9.17, 15) is 4.79 Å². The molecule has 0 saturated carbocycles. The lowest BCUT2D eigenvalue weighted by Gasteiger charge is -1.97. The molecule has 2 aromatic rings. The lowest BCUT2D eigenvalue weighted by Crippen LogP contribution is -1.99. The SMILES string of the molecule is O=C1O/C(=N\c2ccccc2)c2ccccc21. The van der Waals surface area contributed by atoms with Crippen molar-refractivity contribution in [3.63, 3.8) is 0 Å². The summed E-state index contributed by atoms with van der Waals surface area (Å²) in [5, 5.41) is 0. The molecule has 0 N–H and O–H groups in total. The molecule has 0 fully saturated rings. The Morgan fingerprint density at radius 3 is 2.24 bits per heavy atom. The molecule has 2 aromatic carbocycles. The third-order valence-electron chi connectivity index (χ3n) is 2.55. The zero-order chi connectivity index (χ0) is 11.7. The van der Waals surface area contributed by atoms with E-state index in [1.807, 2.05) is 48.5 Å². The van der Waals surface area contributed by atoms with Crippen molar-refractivity contribution < 1.29 is 9.53 Å². The molecular weight excluding hydrogens is 214 g/mol. The van der Waals surface area contributed by atoms with Crippen LogP contribution in [0.1, 0.15) is 15.9 Å². The first kappa shape index (κ1) is 9.78. The minimum absolute atomic E-state index is 0.338. The van der Waals surface area contributed by atoms with Gasteiger partial charge in [-0.25, -0.2) is 9.79 Å². The zero-order valence-electron chi connectivity index (χ0n) is 8.96.